The highest BCUT2D eigenvalue weighted by Gasteiger charge is 2.14. The summed E-state index contributed by atoms with van der Waals surface area (Å²) < 4.78 is 10.6. The lowest BCUT2D eigenvalue weighted by molar-refractivity contribution is 0.406. The molecule has 3 rings (SSSR count). The Balaban J connectivity index is 0.00000243. The molecular formula is C21H24ClNO2S. The van der Waals surface area contributed by atoms with Gasteiger partial charge in [-0.25, -0.2) is 0 Å². The van der Waals surface area contributed by atoms with Crippen LogP contribution in [0, 0.1) is 0 Å². The Kier molecular flexibility index (Phi) is 7.09. The molecule has 0 radical (unpaired) electrons. The molecule has 0 aliphatic rings. The molecule has 0 saturated heterocycles. The first-order valence-corrected chi connectivity index (χ1v) is 8.98. The number of halogens is 1. The zero-order chi connectivity index (χ0) is 17.8. The van der Waals surface area contributed by atoms with Crippen LogP contribution in [-0.4, -0.2) is 33.2 Å². The molecule has 3 nitrogen and oxygen atoms in total. The molecule has 0 saturated carbocycles. The summed E-state index contributed by atoms with van der Waals surface area (Å²) in [4.78, 5) is 4.83. The van der Waals surface area contributed by atoms with E-state index in [1.165, 1.54) is 26.4 Å². The topological polar surface area (TPSA) is 21.7 Å². The molecule has 1 heterocycles. The van der Waals surface area contributed by atoms with Crippen LogP contribution in [-0.2, 0) is 6.54 Å². The van der Waals surface area contributed by atoms with Crippen molar-refractivity contribution in [2.45, 2.75) is 6.54 Å². The van der Waals surface area contributed by atoms with Crippen LogP contribution in [0.5, 0.6) is 11.5 Å². The first-order valence-electron chi connectivity index (χ1n) is 8.17. The van der Waals surface area contributed by atoms with Crippen LogP contribution >= 0.6 is 23.7 Å². The average molecular weight is 390 g/mol. The number of methoxy groups -OCH3 is 2. The van der Waals surface area contributed by atoms with Crippen molar-refractivity contribution in [3.05, 3.63) is 59.5 Å². The summed E-state index contributed by atoms with van der Waals surface area (Å²) in [7, 11) is 7.58. The van der Waals surface area contributed by atoms with E-state index in [4.69, 9.17) is 9.47 Å². The Morgan fingerprint density at radius 3 is 1.77 bits per heavy atom. The fraction of sp³-hybridized carbons (Fsp3) is 0.238. The van der Waals surface area contributed by atoms with Gasteiger partial charge in [-0.05, 0) is 67.7 Å². The second-order valence-corrected chi connectivity index (χ2v) is 7.29. The lowest BCUT2D eigenvalue weighted by Gasteiger charge is -2.07. The number of nitrogens with zero attached hydrogens (tertiary/aromatic N) is 1. The van der Waals surface area contributed by atoms with Gasteiger partial charge in [0, 0.05) is 21.9 Å². The number of hydrogen-bond donors (Lipinski definition) is 0. The number of ether oxygens (including phenoxy) is 2. The zero-order valence-electron chi connectivity index (χ0n) is 15.5. The molecule has 0 bridgehead atoms. The summed E-state index contributed by atoms with van der Waals surface area (Å²) in [6.07, 6.45) is 0. The van der Waals surface area contributed by atoms with Crippen molar-refractivity contribution in [1.29, 1.82) is 0 Å². The van der Waals surface area contributed by atoms with Crippen LogP contribution in [0.25, 0.3) is 21.6 Å². The molecule has 0 amide bonds. The number of thiophene rings is 1. The fourth-order valence-corrected chi connectivity index (χ4v) is 4.08. The molecule has 0 fully saturated rings. The summed E-state index contributed by atoms with van der Waals surface area (Å²) >= 11 is 1.85. The van der Waals surface area contributed by atoms with Crippen molar-refractivity contribution >= 4 is 23.7 Å². The van der Waals surface area contributed by atoms with Gasteiger partial charge in [0.2, 0.25) is 0 Å². The Morgan fingerprint density at radius 1 is 0.808 bits per heavy atom. The molecule has 3 aromatic rings. The van der Waals surface area contributed by atoms with E-state index >= 15 is 0 Å². The molecule has 0 spiro atoms. The Hall–Kier alpha value is -2.01. The predicted molar refractivity (Wildman–Crippen MR) is 113 cm³/mol. The normalized spacial score (nSPS) is 10.5. The van der Waals surface area contributed by atoms with Gasteiger partial charge in [-0.1, -0.05) is 12.1 Å². The maximum absolute atomic E-state index is 5.29. The summed E-state index contributed by atoms with van der Waals surface area (Å²) in [5, 5.41) is 0. The molecule has 2 aromatic carbocycles. The molecule has 0 aliphatic carbocycles. The molecule has 0 aliphatic heterocycles. The van der Waals surface area contributed by atoms with Gasteiger partial charge >= 0.3 is 0 Å². The van der Waals surface area contributed by atoms with E-state index < -0.39 is 0 Å². The minimum atomic E-state index is 0. The molecule has 0 atom stereocenters. The van der Waals surface area contributed by atoms with Gasteiger partial charge in [-0.2, -0.15) is 0 Å². The smallest absolute Gasteiger partial charge is 0.118 e. The minimum Gasteiger partial charge on any atom is -0.497 e. The highest BCUT2D eigenvalue weighted by Crippen LogP contribution is 2.40. The Bertz CT molecular complexity index is 761. The van der Waals surface area contributed by atoms with Crippen molar-refractivity contribution in [2.75, 3.05) is 28.3 Å². The lowest BCUT2D eigenvalue weighted by Crippen LogP contribution is -2.09. The molecule has 1 aromatic heterocycles. The monoisotopic (exact) mass is 389 g/mol. The summed E-state index contributed by atoms with van der Waals surface area (Å²) in [5.74, 6) is 1.75. The van der Waals surface area contributed by atoms with Gasteiger partial charge in [0.1, 0.15) is 11.5 Å². The van der Waals surface area contributed by atoms with Crippen LogP contribution in [0.15, 0.2) is 54.6 Å². The standard InChI is InChI=1S/C21H23NO2S.ClH/c1-22(2)14-19-13-20(15-5-9-17(23-3)10-6-15)21(25-19)16-7-11-18(24-4)12-8-16;/h5-13H,14H2,1-4H3;1H. The van der Waals surface area contributed by atoms with Crippen LogP contribution in [0.2, 0.25) is 0 Å². The van der Waals surface area contributed by atoms with E-state index in [1.807, 2.05) is 35.6 Å². The van der Waals surface area contributed by atoms with Gasteiger partial charge in [0.15, 0.2) is 0 Å². The van der Waals surface area contributed by atoms with Crippen molar-refractivity contribution in [2.24, 2.45) is 0 Å². The van der Waals surface area contributed by atoms with Crippen molar-refractivity contribution in [1.82, 2.24) is 4.90 Å². The van der Waals surface area contributed by atoms with Crippen LogP contribution in [0.4, 0.5) is 0 Å². The molecular weight excluding hydrogens is 366 g/mol. The Morgan fingerprint density at radius 2 is 1.31 bits per heavy atom. The van der Waals surface area contributed by atoms with Crippen molar-refractivity contribution in [3.63, 3.8) is 0 Å². The summed E-state index contributed by atoms with van der Waals surface area (Å²) in [6, 6.07) is 18.8. The van der Waals surface area contributed by atoms with Crippen LogP contribution in [0.1, 0.15) is 4.88 Å². The third kappa shape index (κ3) is 4.58. The SMILES string of the molecule is COc1ccc(-c2cc(CN(C)C)sc2-c2ccc(OC)cc2)cc1.Cl. The third-order valence-electron chi connectivity index (χ3n) is 4.01. The van der Waals surface area contributed by atoms with Crippen molar-refractivity contribution < 1.29 is 9.47 Å². The molecule has 0 unspecified atom stereocenters. The van der Waals surface area contributed by atoms with Gasteiger partial charge in [0.25, 0.3) is 0 Å². The van der Waals surface area contributed by atoms with Gasteiger partial charge in [0.05, 0.1) is 14.2 Å². The number of benzene rings is 2. The summed E-state index contributed by atoms with van der Waals surface area (Å²) in [6.45, 7) is 0.935. The Labute approximate surface area is 165 Å². The van der Waals surface area contributed by atoms with E-state index in [0.717, 1.165) is 18.0 Å². The molecule has 138 valence electrons. The van der Waals surface area contributed by atoms with Gasteiger partial charge < -0.3 is 14.4 Å². The third-order valence-corrected chi connectivity index (χ3v) is 5.18. The highest BCUT2D eigenvalue weighted by atomic mass is 35.5. The van der Waals surface area contributed by atoms with Crippen LogP contribution < -0.4 is 9.47 Å². The lowest BCUT2D eigenvalue weighted by atomic mass is 10.0. The van der Waals surface area contributed by atoms with E-state index in [9.17, 15) is 0 Å². The first kappa shape index (κ1) is 20.3. The zero-order valence-corrected chi connectivity index (χ0v) is 17.1. The quantitative estimate of drug-likeness (QED) is 0.549. The minimum absolute atomic E-state index is 0. The summed E-state index contributed by atoms with van der Waals surface area (Å²) in [5.41, 5.74) is 3.67. The van der Waals surface area contributed by atoms with Gasteiger partial charge in [-0.15, -0.1) is 23.7 Å². The van der Waals surface area contributed by atoms with E-state index in [-0.39, 0.29) is 12.4 Å². The number of hydrogen-bond acceptors (Lipinski definition) is 4. The number of rotatable bonds is 6. The predicted octanol–water partition coefficient (Wildman–Crippen LogP) is 5.58. The highest BCUT2D eigenvalue weighted by molar-refractivity contribution is 7.16. The average Bonchev–Trinajstić information content (AvgIpc) is 3.05. The fourth-order valence-electron chi connectivity index (χ4n) is 2.77. The first-order chi connectivity index (χ1) is 12.1. The van der Waals surface area contributed by atoms with Gasteiger partial charge in [-0.3, -0.25) is 0 Å². The second kappa shape index (κ2) is 9.08. The molecule has 5 heteroatoms. The molecule has 26 heavy (non-hydrogen) atoms. The maximum Gasteiger partial charge on any atom is 0.118 e. The van der Waals surface area contributed by atoms with Crippen LogP contribution in [0.3, 0.4) is 0 Å². The van der Waals surface area contributed by atoms with E-state index in [0.29, 0.717) is 0 Å². The van der Waals surface area contributed by atoms with Crippen molar-refractivity contribution in [3.8, 4) is 33.1 Å². The van der Waals surface area contributed by atoms with E-state index in [2.05, 4.69) is 49.3 Å². The molecule has 0 N–H and O–H groups in total. The largest absolute Gasteiger partial charge is 0.497 e. The maximum atomic E-state index is 5.29. The van der Waals surface area contributed by atoms with E-state index in [1.54, 1.807) is 14.2 Å². The second-order valence-electron chi connectivity index (χ2n) is 6.15.